The minimum atomic E-state index is -3.01. The van der Waals surface area contributed by atoms with Crippen LogP contribution in [0.4, 0.5) is 8.78 Å². The van der Waals surface area contributed by atoms with Gasteiger partial charge in [-0.3, -0.25) is 4.79 Å². The minimum Gasteiger partial charge on any atom is -0.433 e. The Morgan fingerprint density at radius 2 is 2.08 bits per heavy atom. The van der Waals surface area contributed by atoms with Crippen molar-refractivity contribution in [1.29, 1.82) is 0 Å². The summed E-state index contributed by atoms with van der Waals surface area (Å²) in [6.45, 7) is -2.55. The molecule has 1 aromatic rings. The number of amides is 1. The van der Waals surface area contributed by atoms with Gasteiger partial charge in [-0.2, -0.15) is 8.78 Å². The molecule has 0 aliphatic heterocycles. The highest BCUT2D eigenvalue weighted by Crippen LogP contribution is 2.34. The quantitative estimate of drug-likeness (QED) is 0.754. The van der Waals surface area contributed by atoms with Gasteiger partial charge in [0.2, 0.25) is 5.91 Å². The third kappa shape index (κ3) is 5.34. The summed E-state index contributed by atoms with van der Waals surface area (Å²) in [6.07, 6.45) is 2.67. The highest BCUT2D eigenvalue weighted by atomic mass is 35.5. The van der Waals surface area contributed by atoms with Crippen LogP contribution in [-0.4, -0.2) is 19.1 Å². The third-order valence-corrected chi connectivity index (χ3v) is 4.54. The molecule has 0 bridgehead atoms. The molecule has 0 aromatic heterocycles. The van der Waals surface area contributed by atoms with E-state index in [4.69, 9.17) is 28.9 Å². The van der Waals surface area contributed by atoms with E-state index >= 15 is 0 Å². The maximum absolute atomic E-state index is 12.5. The summed E-state index contributed by atoms with van der Waals surface area (Å²) < 4.78 is 29.5. The first-order valence-corrected chi connectivity index (χ1v) is 8.08. The fraction of sp³-hybridized carbons (Fsp3) is 0.533. The SMILES string of the molecule is Cl.NC[C@H]1CCC[C@H]1C(=O)NCc1cc(Cl)cc(Cl)c1OC(F)F. The number of alkyl halides is 2. The van der Waals surface area contributed by atoms with Crippen molar-refractivity contribution in [2.24, 2.45) is 17.6 Å². The van der Waals surface area contributed by atoms with E-state index in [0.29, 0.717) is 12.1 Å². The molecule has 2 atom stereocenters. The van der Waals surface area contributed by atoms with Crippen LogP contribution in [0.15, 0.2) is 12.1 Å². The summed E-state index contributed by atoms with van der Waals surface area (Å²) in [6, 6.07) is 2.76. The zero-order chi connectivity index (χ0) is 17.0. The number of rotatable bonds is 6. The van der Waals surface area contributed by atoms with E-state index in [1.807, 2.05) is 0 Å². The summed E-state index contributed by atoms with van der Waals surface area (Å²) in [7, 11) is 0. The topological polar surface area (TPSA) is 64.4 Å². The molecule has 1 amide bonds. The van der Waals surface area contributed by atoms with Crippen molar-refractivity contribution in [1.82, 2.24) is 5.32 Å². The van der Waals surface area contributed by atoms with E-state index in [1.165, 1.54) is 12.1 Å². The molecule has 1 aliphatic carbocycles. The number of benzene rings is 1. The fourth-order valence-electron chi connectivity index (χ4n) is 2.94. The lowest BCUT2D eigenvalue weighted by atomic mass is 9.95. The Hall–Kier alpha value is -0.820. The summed E-state index contributed by atoms with van der Waals surface area (Å²) in [5, 5.41) is 2.99. The number of carbonyl (C=O) groups is 1. The van der Waals surface area contributed by atoms with Crippen LogP contribution in [0.3, 0.4) is 0 Å². The number of nitrogens with two attached hydrogens (primary N) is 1. The Morgan fingerprint density at radius 3 is 2.71 bits per heavy atom. The van der Waals surface area contributed by atoms with Crippen LogP contribution >= 0.6 is 35.6 Å². The molecule has 3 N–H and O–H groups in total. The second kappa shape index (κ2) is 9.61. The van der Waals surface area contributed by atoms with Crippen LogP contribution in [0.5, 0.6) is 5.75 Å². The normalized spacial score (nSPS) is 19.9. The Bertz CT molecular complexity index is 576. The first-order chi connectivity index (χ1) is 10.9. The largest absolute Gasteiger partial charge is 0.433 e. The molecule has 4 nitrogen and oxygen atoms in total. The molecule has 1 saturated carbocycles. The number of halogens is 5. The van der Waals surface area contributed by atoms with Gasteiger partial charge >= 0.3 is 6.61 Å². The Kier molecular flexibility index (Phi) is 8.50. The maximum atomic E-state index is 12.5. The van der Waals surface area contributed by atoms with Crippen molar-refractivity contribution in [2.45, 2.75) is 32.4 Å². The predicted molar refractivity (Wildman–Crippen MR) is 92.1 cm³/mol. The van der Waals surface area contributed by atoms with E-state index in [2.05, 4.69) is 10.1 Å². The van der Waals surface area contributed by atoms with Crippen LogP contribution in [0, 0.1) is 11.8 Å². The monoisotopic (exact) mass is 402 g/mol. The number of hydrogen-bond donors (Lipinski definition) is 2. The van der Waals surface area contributed by atoms with Gasteiger partial charge in [0.05, 0.1) is 5.02 Å². The molecule has 1 fully saturated rings. The molecule has 0 unspecified atom stereocenters. The predicted octanol–water partition coefficient (Wildman–Crippen LogP) is 4.01. The van der Waals surface area contributed by atoms with Crippen LogP contribution in [0.2, 0.25) is 10.0 Å². The number of hydrogen-bond acceptors (Lipinski definition) is 3. The van der Waals surface area contributed by atoms with Crippen molar-refractivity contribution in [2.75, 3.05) is 6.54 Å². The van der Waals surface area contributed by atoms with Gasteiger partial charge in [0.15, 0.2) is 0 Å². The number of carbonyl (C=O) groups excluding carboxylic acids is 1. The lowest BCUT2D eigenvalue weighted by Crippen LogP contribution is -2.34. The first kappa shape index (κ1) is 21.2. The molecule has 0 radical (unpaired) electrons. The second-order valence-corrected chi connectivity index (χ2v) is 6.35. The molecular formula is C15H19Cl3F2N2O2. The van der Waals surface area contributed by atoms with Crippen molar-refractivity contribution in [3.63, 3.8) is 0 Å². The third-order valence-electron chi connectivity index (χ3n) is 4.04. The van der Waals surface area contributed by atoms with Crippen LogP contribution in [-0.2, 0) is 11.3 Å². The van der Waals surface area contributed by atoms with Gasteiger partial charge in [-0.25, -0.2) is 0 Å². The van der Waals surface area contributed by atoms with Crippen molar-refractivity contribution >= 4 is 41.5 Å². The fourth-order valence-corrected chi connectivity index (χ4v) is 3.52. The van der Waals surface area contributed by atoms with Gasteiger partial charge in [-0.1, -0.05) is 29.6 Å². The molecule has 1 aromatic carbocycles. The summed E-state index contributed by atoms with van der Waals surface area (Å²) in [5.41, 5.74) is 5.97. The van der Waals surface area contributed by atoms with E-state index in [1.54, 1.807) is 0 Å². The zero-order valence-corrected chi connectivity index (χ0v) is 15.1. The van der Waals surface area contributed by atoms with Crippen LogP contribution < -0.4 is 15.8 Å². The lowest BCUT2D eigenvalue weighted by Gasteiger charge is -2.18. The number of ether oxygens (including phenoxy) is 1. The van der Waals surface area contributed by atoms with E-state index in [-0.39, 0.29) is 52.5 Å². The second-order valence-electron chi connectivity index (χ2n) is 5.51. The molecular weight excluding hydrogens is 385 g/mol. The molecule has 0 spiro atoms. The van der Waals surface area contributed by atoms with E-state index < -0.39 is 6.61 Å². The zero-order valence-electron chi connectivity index (χ0n) is 12.7. The summed E-state index contributed by atoms with van der Waals surface area (Å²) in [5.74, 6) is -0.297. The maximum Gasteiger partial charge on any atom is 0.387 e. The smallest absolute Gasteiger partial charge is 0.387 e. The van der Waals surface area contributed by atoms with Gasteiger partial charge in [0.25, 0.3) is 0 Å². The van der Waals surface area contributed by atoms with Crippen molar-refractivity contribution < 1.29 is 18.3 Å². The van der Waals surface area contributed by atoms with Crippen molar-refractivity contribution in [3.05, 3.63) is 27.7 Å². The summed E-state index contributed by atoms with van der Waals surface area (Å²) >= 11 is 11.8. The van der Waals surface area contributed by atoms with Crippen LogP contribution in [0.25, 0.3) is 0 Å². The van der Waals surface area contributed by atoms with Gasteiger partial charge in [-0.05, 0) is 37.4 Å². The van der Waals surface area contributed by atoms with Gasteiger partial charge in [-0.15, -0.1) is 12.4 Å². The van der Waals surface area contributed by atoms with Gasteiger partial charge in [0, 0.05) is 23.0 Å². The van der Waals surface area contributed by atoms with E-state index in [0.717, 1.165) is 19.3 Å². The Labute approximate surface area is 155 Å². The highest BCUT2D eigenvalue weighted by molar-refractivity contribution is 6.35. The van der Waals surface area contributed by atoms with Gasteiger partial charge in [0.1, 0.15) is 5.75 Å². The molecule has 1 aliphatic rings. The number of nitrogens with one attached hydrogen (secondary N) is 1. The molecule has 2 rings (SSSR count). The van der Waals surface area contributed by atoms with Crippen molar-refractivity contribution in [3.8, 4) is 5.75 Å². The molecule has 0 saturated heterocycles. The average molecular weight is 404 g/mol. The summed E-state index contributed by atoms with van der Waals surface area (Å²) in [4.78, 5) is 12.3. The van der Waals surface area contributed by atoms with Gasteiger partial charge < -0.3 is 15.8 Å². The molecule has 24 heavy (non-hydrogen) atoms. The molecule has 9 heteroatoms. The van der Waals surface area contributed by atoms with E-state index in [9.17, 15) is 13.6 Å². The average Bonchev–Trinajstić information content (AvgIpc) is 2.96. The first-order valence-electron chi connectivity index (χ1n) is 7.33. The molecule has 136 valence electrons. The van der Waals surface area contributed by atoms with Crippen LogP contribution in [0.1, 0.15) is 24.8 Å². The highest BCUT2D eigenvalue weighted by Gasteiger charge is 2.31. The Morgan fingerprint density at radius 1 is 1.38 bits per heavy atom. The minimum absolute atomic E-state index is 0. The standard InChI is InChI=1S/C15H18Cl2F2N2O2.ClH/c16-10-4-9(13(12(17)5-10)23-15(18)19)7-21-14(22)11-3-1-2-8(11)6-20;/h4-5,8,11,15H,1-3,6-7,20H2,(H,21,22);1H/t8-,11-;/m1./s1. The Balaban J connectivity index is 0.00000288. The molecule has 0 heterocycles. The lowest BCUT2D eigenvalue weighted by molar-refractivity contribution is -0.126.